The maximum absolute atomic E-state index is 11.0. The summed E-state index contributed by atoms with van der Waals surface area (Å²) in [5, 5.41) is 12.2. The van der Waals surface area contributed by atoms with Crippen LogP contribution < -0.4 is 11.1 Å². The molecule has 17 heavy (non-hydrogen) atoms. The Morgan fingerprint density at radius 2 is 2.18 bits per heavy atom. The molecular formula is C12H19N3O2. The Morgan fingerprint density at radius 1 is 1.53 bits per heavy atom. The van der Waals surface area contributed by atoms with Gasteiger partial charge in [-0.3, -0.25) is 0 Å². The third kappa shape index (κ3) is 3.94. The Kier molecular flexibility index (Phi) is 4.31. The van der Waals surface area contributed by atoms with Crippen LogP contribution >= 0.6 is 0 Å². The van der Waals surface area contributed by atoms with Gasteiger partial charge < -0.3 is 16.2 Å². The number of aromatic nitrogens is 1. The van der Waals surface area contributed by atoms with E-state index in [1.165, 1.54) is 12.3 Å². The number of anilines is 2. The Balaban J connectivity index is 2.86. The van der Waals surface area contributed by atoms with Gasteiger partial charge in [0.25, 0.3) is 0 Å². The van der Waals surface area contributed by atoms with E-state index < -0.39 is 5.97 Å². The SMILES string of the molecule is CC(C)CC(C)Nc1ncc(N)cc1C(=O)O. The van der Waals surface area contributed by atoms with Crippen LogP contribution in [0.25, 0.3) is 0 Å². The summed E-state index contributed by atoms with van der Waals surface area (Å²) in [5.41, 5.74) is 5.99. The van der Waals surface area contributed by atoms with Gasteiger partial charge in [-0.05, 0) is 25.3 Å². The Bertz CT molecular complexity index is 405. The highest BCUT2D eigenvalue weighted by atomic mass is 16.4. The minimum absolute atomic E-state index is 0.112. The number of hydrogen-bond donors (Lipinski definition) is 3. The minimum atomic E-state index is -1.02. The molecule has 5 heteroatoms. The summed E-state index contributed by atoms with van der Waals surface area (Å²) in [6.07, 6.45) is 2.40. The van der Waals surface area contributed by atoms with E-state index in [9.17, 15) is 4.79 Å². The molecule has 0 aliphatic carbocycles. The summed E-state index contributed by atoms with van der Waals surface area (Å²) in [6.45, 7) is 6.24. The quantitative estimate of drug-likeness (QED) is 0.730. The molecule has 0 spiro atoms. The first kappa shape index (κ1) is 13.3. The van der Waals surface area contributed by atoms with Gasteiger partial charge in [-0.25, -0.2) is 9.78 Å². The van der Waals surface area contributed by atoms with Gasteiger partial charge in [0.15, 0.2) is 0 Å². The van der Waals surface area contributed by atoms with Crippen molar-refractivity contribution in [1.29, 1.82) is 0 Å². The number of nitrogens with one attached hydrogen (secondary N) is 1. The molecule has 0 aliphatic heterocycles. The second kappa shape index (κ2) is 5.52. The molecule has 94 valence electrons. The lowest BCUT2D eigenvalue weighted by Gasteiger charge is -2.17. The molecule has 0 radical (unpaired) electrons. The van der Waals surface area contributed by atoms with E-state index in [2.05, 4.69) is 24.1 Å². The fourth-order valence-electron chi connectivity index (χ4n) is 1.76. The number of nitrogens with two attached hydrogens (primary N) is 1. The van der Waals surface area contributed by atoms with E-state index in [0.717, 1.165) is 6.42 Å². The van der Waals surface area contributed by atoms with Gasteiger partial charge in [-0.2, -0.15) is 0 Å². The van der Waals surface area contributed by atoms with E-state index >= 15 is 0 Å². The maximum atomic E-state index is 11.0. The molecule has 0 fully saturated rings. The van der Waals surface area contributed by atoms with Crippen LogP contribution in [0.3, 0.4) is 0 Å². The zero-order valence-corrected chi connectivity index (χ0v) is 10.4. The van der Waals surface area contributed by atoms with Crippen LogP contribution in [0.2, 0.25) is 0 Å². The third-order valence-corrected chi connectivity index (χ3v) is 2.35. The molecule has 1 rings (SSSR count). The molecule has 1 unspecified atom stereocenters. The summed E-state index contributed by atoms with van der Waals surface area (Å²) >= 11 is 0. The highest BCUT2D eigenvalue weighted by Crippen LogP contribution is 2.18. The van der Waals surface area contributed by atoms with Crippen LogP contribution in [0.5, 0.6) is 0 Å². The molecule has 5 nitrogen and oxygen atoms in total. The molecule has 1 aromatic rings. The van der Waals surface area contributed by atoms with Gasteiger partial charge >= 0.3 is 5.97 Å². The number of nitrogens with zero attached hydrogens (tertiary/aromatic N) is 1. The van der Waals surface area contributed by atoms with Crippen LogP contribution in [0, 0.1) is 5.92 Å². The van der Waals surface area contributed by atoms with Crippen molar-refractivity contribution < 1.29 is 9.90 Å². The summed E-state index contributed by atoms with van der Waals surface area (Å²) in [4.78, 5) is 15.1. The second-order valence-electron chi connectivity index (χ2n) is 4.64. The van der Waals surface area contributed by atoms with Crippen LogP contribution in [0.15, 0.2) is 12.3 Å². The van der Waals surface area contributed by atoms with Crippen molar-refractivity contribution in [2.75, 3.05) is 11.1 Å². The molecule has 0 saturated carbocycles. The second-order valence-corrected chi connectivity index (χ2v) is 4.64. The average Bonchev–Trinajstić information content (AvgIpc) is 2.19. The standard InChI is InChI=1S/C12H19N3O2/c1-7(2)4-8(3)15-11-10(12(16)17)5-9(13)6-14-11/h5-8H,4,13H2,1-3H3,(H,14,15)(H,16,17). The smallest absolute Gasteiger partial charge is 0.339 e. The zero-order valence-electron chi connectivity index (χ0n) is 10.4. The molecule has 1 atom stereocenters. The van der Waals surface area contributed by atoms with Gasteiger partial charge in [0, 0.05) is 6.04 Å². The van der Waals surface area contributed by atoms with Crippen molar-refractivity contribution in [2.24, 2.45) is 5.92 Å². The lowest BCUT2D eigenvalue weighted by atomic mass is 10.1. The monoisotopic (exact) mass is 237 g/mol. The van der Waals surface area contributed by atoms with Gasteiger partial charge in [0.1, 0.15) is 11.4 Å². The lowest BCUT2D eigenvalue weighted by Crippen LogP contribution is -2.20. The maximum Gasteiger partial charge on any atom is 0.339 e. The molecule has 0 bridgehead atoms. The first-order chi connectivity index (χ1) is 7.90. The molecule has 0 amide bonds. The Labute approximate surface area is 101 Å². The number of hydrogen-bond acceptors (Lipinski definition) is 4. The summed E-state index contributed by atoms with van der Waals surface area (Å²) in [6, 6.07) is 1.59. The summed E-state index contributed by atoms with van der Waals surface area (Å²) in [5.74, 6) is -0.108. The molecular weight excluding hydrogens is 218 g/mol. The van der Waals surface area contributed by atoms with E-state index in [0.29, 0.717) is 17.4 Å². The van der Waals surface area contributed by atoms with Crippen molar-refractivity contribution in [2.45, 2.75) is 33.2 Å². The fourth-order valence-corrected chi connectivity index (χ4v) is 1.76. The van der Waals surface area contributed by atoms with Crippen LogP contribution in [-0.2, 0) is 0 Å². The molecule has 0 aromatic carbocycles. The predicted molar refractivity (Wildman–Crippen MR) is 68.1 cm³/mol. The fraction of sp³-hybridized carbons (Fsp3) is 0.500. The van der Waals surface area contributed by atoms with E-state index in [1.807, 2.05) is 6.92 Å². The molecule has 4 N–H and O–H groups in total. The van der Waals surface area contributed by atoms with Crippen molar-refractivity contribution in [3.8, 4) is 0 Å². The average molecular weight is 237 g/mol. The van der Waals surface area contributed by atoms with Crippen LogP contribution in [-0.4, -0.2) is 22.1 Å². The molecule has 1 aromatic heterocycles. The first-order valence-electron chi connectivity index (χ1n) is 5.65. The number of carboxylic acids is 1. The van der Waals surface area contributed by atoms with Gasteiger partial charge in [0.2, 0.25) is 0 Å². The Morgan fingerprint density at radius 3 is 2.71 bits per heavy atom. The van der Waals surface area contributed by atoms with E-state index in [-0.39, 0.29) is 11.6 Å². The van der Waals surface area contributed by atoms with Crippen LogP contribution in [0.1, 0.15) is 37.6 Å². The predicted octanol–water partition coefficient (Wildman–Crippen LogP) is 2.21. The number of rotatable bonds is 5. The molecule has 1 heterocycles. The first-order valence-corrected chi connectivity index (χ1v) is 5.65. The van der Waals surface area contributed by atoms with E-state index in [4.69, 9.17) is 10.8 Å². The summed E-state index contributed by atoms with van der Waals surface area (Å²) in [7, 11) is 0. The topological polar surface area (TPSA) is 88.2 Å². The lowest BCUT2D eigenvalue weighted by molar-refractivity contribution is 0.0697. The highest BCUT2D eigenvalue weighted by molar-refractivity contribution is 5.94. The number of carboxylic acid groups (broad SMARTS) is 1. The number of nitrogen functional groups attached to an aromatic ring is 1. The molecule has 0 aliphatic rings. The van der Waals surface area contributed by atoms with Crippen molar-refractivity contribution in [3.63, 3.8) is 0 Å². The minimum Gasteiger partial charge on any atom is -0.478 e. The van der Waals surface area contributed by atoms with Gasteiger partial charge in [0.05, 0.1) is 11.9 Å². The van der Waals surface area contributed by atoms with Crippen molar-refractivity contribution in [1.82, 2.24) is 4.98 Å². The number of carbonyl (C=O) groups is 1. The normalized spacial score (nSPS) is 12.5. The Hall–Kier alpha value is -1.78. The van der Waals surface area contributed by atoms with Crippen LogP contribution in [0.4, 0.5) is 11.5 Å². The van der Waals surface area contributed by atoms with Crippen molar-refractivity contribution >= 4 is 17.5 Å². The summed E-state index contributed by atoms with van der Waals surface area (Å²) < 4.78 is 0. The third-order valence-electron chi connectivity index (χ3n) is 2.35. The highest BCUT2D eigenvalue weighted by Gasteiger charge is 2.14. The van der Waals surface area contributed by atoms with Gasteiger partial charge in [-0.1, -0.05) is 13.8 Å². The zero-order chi connectivity index (χ0) is 13.0. The van der Waals surface area contributed by atoms with E-state index in [1.54, 1.807) is 0 Å². The molecule has 0 saturated heterocycles. The number of pyridine rings is 1. The van der Waals surface area contributed by atoms with Crippen molar-refractivity contribution in [3.05, 3.63) is 17.8 Å². The van der Waals surface area contributed by atoms with Gasteiger partial charge in [-0.15, -0.1) is 0 Å². The number of aromatic carboxylic acids is 1. The largest absolute Gasteiger partial charge is 0.478 e.